The summed E-state index contributed by atoms with van der Waals surface area (Å²) < 4.78 is 5.99. The number of aliphatic imine (C=N–C) groups is 1. The lowest BCUT2D eigenvalue weighted by Gasteiger charge is -2.07. The summed E-state index contributed by atoms with van der Waals surface area (Å²) in [6, 6.07) is 27.2. The third kappa shape index (κ3) is 5.19. The van der Waals surface area contributed by atoms with Crippen LogP contribution in [0.15, 0.2) is 94.3 Å². The number of hydrogen-bond donors (Lipinski definition) is 1. The molecule has 1 unspecified atom stereocenters. The van der Waals surface area contributed by atoms with Crippen LogP contribution in [0.25, 0.3) is 22.6 Å². The Hall–Kier alpha value is -3.89. The third-order valence-electron chi connectivity index (χ3n) is 6.50. The molecule has 0 bridgehead atoms. The van der Waals surface area contributed by atoms with Gasteiger partial charge in [-0.15, -0.1) is 0 Å². The molecule has 0 aliphatic rings. The van der Waals surface area contributed by atoms with Crippen molar-refractivity contribution in [3.8, 4) is 17.2 Å². The van der Waals surface area contributed by atoms with E-state index in [1.54, 1.807) is 12.3 Å². The van der Waals surface area contributed by atoms with Crippen LogP contribution in [-0.2, 0) is 6.42 Å². The number of oxazole rings is 1. The molecule has 0 amide bonds. The number of aromatic nitrogens is 1. The zero-order valence-corrected chi connectivity index (χ0v) is 21.0. The molecule has 0 saturated heterocycles. The van der Waals surface area contributed by atoms with E-state index in [0.717, 1.165) is 44.9 Å². The maximum Gasteiger partial charge on any atom is 0.227 e. The molecule has 1 heterocycles. The quantitative estimate of drug-likeness (QED) is 0.230. The lowest BCUT2D eigenvalue weighted by molar-refractivity contribution is 0.474. The molecule has 5 rings (SSSR count). The minimum Gasteiger partial charge on any atom is -0.507 e. The fourth-order valence-corrected chi connectivity index (χ4v) is 4.33. The van der Waals surface area contributed by atoms with Gasteiger partial charge in [0.05, 0.1) is 5.69 Å². The van der Waals surface area contributed by atoms with E-state index in [-0.39, 0.29) is 5.75 Å². The largest absolute Gasteiger partial charge is 0.507 e. The van der Waals surface area contributed by atoms with Crippen LogP contribution in [-0.4, -0.2) is 16.3 Å². The first-order chi connectivity index (χ1) is 17.5. The molecule has 5 aromatic rings. The van der Waals surface area contributed by atoms with E-state index in [4.69, 9.17) is 21.0 Å². The van der Waals surface area contributed by atoms with Crippen LogP contribution in [0.3, 0.4) is 0 Å². The third-order valence-corrected chi connectivity index (χ3v) is 6.87. The van der Waals surface area contributed by atoms with Gasteiger partial charge in [0.15, 0.2) is 5.58 Å². The van der Waals surface area contributed by atoms with E-state index in [1.165, 1.54) is 5.56 Å². The van der Waals surface area contributed by atoms with Crippen molar-refractivity contribution in [2.45, 2.75) is 32.6 Å². The first-order valence-corrected chi connectivity index (χ1v) is 12.5. The number of benzene rings is 4. The average Bonchev–Trinajstić information content (AvgIpc) is 3.33. The van der Waals surface area contributed by atoms with Gasteiger partial charge in [-0.1, -0.05) is 55.8 Å². The molecule has 180 valence electrons. The summed E-state index contributed by atoms with van der Waals surface area (Å²) in [7, 11) is 0. The highest BCUT2D eigenvalue weighted by Crippen LogP contribution is 2.29. The van der Waals surface area contributed by atoms with Crippen LogP contribution in [0.5, 0.6) is 5.75 Å². The molecule has 0 saturated carbocycles. The van der Waals surface area contributed by atoms with E-state index in [9.17, 15) is 5.11 Å². The second-order valence-electron chi connectivity index (χ2n) is 9.02. The molecule has 5 heteroatoms. The molecule has 36 heavy (non-hydrogen) atoms. The standard InChI is InChI=1S/C31H27ClN2O2/c1-3-20(2)23-11-15-30-28(18-23)34-31(36-30)22-9-12-26(13-10-22)33-19-25-17-21(8-14-29(25)35)16-24-6-4-5-7-27(24)32/h4-15,17-20,35H,3,16H2,1-2H3. The van der Waals surface area contributed by atoms with Crippen molar-refractivity contribution < 1.29 is 9.52 Å². The predicted molar refractivity (Wildman–Crippen MR) is 148 cm³/mol. The maximum atomic E-state index is 10.3. The predicted octanol–water partition coefficient (Wildman–Crippen LogP) is 8.71. The molecule has 1 atom stereocenters. The molecule has 0 spiro atoms. The maximum absolute atomic E-state index is 10.3. The summed E-state index contributed by atoms with van der Waals surface area (Å²) in [4.78, 5) is 9.26. The highest BCUT2D eigenvalue weighted by atomic mass is 35.5. The Bertz CT molecular complexity index is 1540. The number of nitrogens with zero attached hydrogens (tertiary/aromatic N) is 2. The SMILES string of the molecule is CCC(C)c1ccc2oc(-c3ccc(N=Cc4cc(Cc5ccccc5Cl)ccc4O)cc3)nc2c1. The number of fused-ring (bicyclic) bond motifs is 1. The van der Waals surface area contributed by atoms with Crippen LogP contribution >= 0.6 is 11.6 Å². The second-order valence-corrected chi connectivity index (χ2v) is 9.43. The minimum absolute atomic E-state index is 0.182. The van der Waals surface area contributed by atoms with Crippen molar-refractivity contribution in [1.29, 1.82) is 0 Å². The summed E-state index contributed by atoms with van der Waals surface area (Å²) in [5.74, 6) is 1.26. The first-order valence-electron chi connectivity index (χ1n) is 12.1. The van der Waals surface area contributed by atoms with Crippen molar-refractivity contribution in [1.82, 2.24) is 4.98 Å². The number of aromatic hydroxyl groups is 1. The Balaban J connectivity index is 1.33. The van der Waals surface area contributed by atoms with Gasteiger partial charge in [-0.25, -0.2) is 4.98 Å². The molecule has 1 aromatic heterocycles. The molecule has 0 radical (unpaired) electrons. The van der Waals surface area contributed by atoms with Crippen molar-refractivity contribution >= 4 is 34.6 Å². The zero-order chi connectivity index (χ0) is 25.1. The van der Waals surface area contributed by atoms with Crippen molar-refractivity contribution in [2.75, 3.05) is 0 Å². The lowest BCUT2D eigenvalue weighted by Crippen LogP contribution is -1.92. The van der Waals surface area contributed by atoms with Crippen LogP contribution in [0, 0.1) is 0 Å². The Morgan fingerprint density at radius 3 is 2.58 bits per heavy atom. The van der Waals surface area contributed by atoms with Crippen molar-refractivity contribution in [2.24, 2.45) is 4.99 Å². The van der Waals surface area contributed by atoms with Gasteiger partial charge in [0.2, 0.25) is 5.89 Å². The van der Waals surface area contributed by atoms with E-state index in [0.29, 0.717) is 23.8 Å². The monoisotopic (exact) mass is 494 g/mol. The first kappa shape index (κ1) is 23.8. The summed E-state index contributed by atoms with van der Waals surface area (Å²) in [5.41, 5.74) is 7.32. The summed E-state index contributed by atoms with van der Waals surface area (Å²) >= 11 is 6.30. The number of halogens is 1. The summed E-state index contributed by atoms with van der Waals surface area (Å²) in [6.45, 7) is 4.41. The van der Waals surface area contributed by atoms with Gasteiger partial charge >= 0.3 is 0 Å². The number of hydrogen-bond acceptors (Lipinski definition) is 4. The lowest BCUT2D eigenvalue weighted by atomic mass is 9.98. The number of phenols is 1. The van der Waals surface area contributed by atoms with Gasteiger partial charge in [-0.2, -0.15) is 0 Å². The van der Waals surface area contributed by atoms with Crippen LogP contribution in [0.2, 0.25) is 5.02 Å². The second kappa shape index (κ2) is 10.4. The Morgan fingerprint density at radius 1 is 1.00 bits per heavy atom. The number of rotatable bonds is 7. The molecule has 4 aromatic carbocycles. The summed E-state index contributed by atoms with van der Waals surface area (Å²) in [5, 5.41) is 11.1. The Labute approximate surface area is 215 Å². The summed E-state index contributed by atoms with van der Waals surface area (Å²) in [6.07, 6.45) is 3.44. The Kier molecular flexibility index (Phi) is 6.88. The minimum atomic E-state index is 0.182. The molecular weight excluding hydrogens is 468 g/mol. The fourth-order valence-electron chi connectivity index (χ4n) is 4.12. The molecular formula is C31H27ClN2O2. The van der Waals surface area contributed by atoms with Crippen molar-refractivity contribution in [3.63, 3.8) is 0 Å². The number of phenolic OH excluding ortho intramolecular Hbond substituents is 1. The zero-order valence-electron chi connectivity index (χ0n) is 20.3. The molecule has 4 nitrogen and oxygen atoms in total. The van der Waals surface area contributed by atoms with E-state index in [1.807, 2.05) is 66.7 Å². The van der Waals surface area contributed by atoms with Gasteiger partial charge in [-0.3, -0.25) is 4.99 Å². The topological polar surface area (TPSA) is 58.6 Å². The van der Waals surface area contributed by atoms with E-state index < -0.39 is 0 Å². The molecule has 1 N–H and O–H groups in total. The normalized spacial score (nSPS) is 12.4. The van der Waals surface area contributed by atoms with Crippen molar-refractivity contribution in [3.05, 3.63) is 112 Å². The van der Waals surface area contributed by atoms with Gasteiger partial charge in [0.1, 0.15) is 11.3 Å². The van der Waals surface area contributed by atoms with Crippen LogP contribution < -0.4 is 0 Å². The van der Waals surface area contributed by atoms with Crippen LogP contribution in [0.4, 0.5) is 5.69 Å². The van der Waals surface area contributed by atoms with Crippen LogP contribution in [0.1, 0.15) is 48.4 Å². The molecule has 0 fully saturated rings. The highest BCUT2D eigenvalue weighted by molar-refractivity contribution is 6.31. The molecule has 0 aliphatic heterocycles. The van der Waals surface area contributed by atoms with Gasteiger partial charge in [-0.05, 0) is 90.0 Å². The van der Waals surface area contributed by atoms with Gasteiger partial charge in [0, 0.05) is 22.4 Å². The molecule has 0 aliphatic carbocycles. The van der Waals surface area contributed by atoms with Gasteiger partial charge in [0.25, 0.3) is 0 Å². The smallest absolute Gasteiger partial charge is 0.227 e. The average molecular weight is 495 g/mol. The van der Waals surface area contributed by atoms with E-state index >= 15 is 0 Å². The fraction of sp³-hybridized carbons (Fsp3) is 0.161. The van der Waals surface area contributed by atoms with Gasteiger partial charge < -0.3 is 9.52 Å². The van der Waals surface area contributed by atoms with E-state index in [2.05, 4.69) is 31.0 Å². The Morgan fingerprint density at radius 2 is 1.81 bits per heavy atom. The highest BCUT2D eigenvalue weighted by Gasteiger charge is 2.11.